The molecule has 0 bridgehead atoms. The lowest BCUT2D eigenvalue weighted by atomic mass is 9.89. The van der Waals surface area contributed by atoms with E-state index in [0.717, 1.165) is 74.4 Å². The van der Waals surface area contributed by atoms with Crippen molar-refractivity contribution in [2.45, 2.75) is 25.9 Å². The second-order valence-corrected chi connectivity index (χ2v) is 10.4. The molecule has 6 rings (SSSR count). The average molecular weight is 496 g/mol. The Morgan fingerprint density at radius 3 is 2.43 bits per heavy atom. The van der Waals surface area contributed by atoms with Gasteiger partial charge in [-0.3, -0.25) is 4.79 Å². The molecule has 190 valence electrons. The number of likely N-dealkylation sites (N-methyl/N-ethyl adjacent to an activating group) is 1. The van der Waals surface area contributed by atoms with Gasteiger partial charge in [0, 0.05) is 55.6 Å². The van der Waals surface area contributed by atoms with Gasteiger partial charge in [0.25, 0.3) is 0 Å². The smallest absolute Gasteiger partial charge is 0.338 e. The first-order valence-corrected chi connectivity index (χ1v) is 13.3. The number of hydrogen-bond acceptors (Lipinski definition) is 5. The summed E-state index contributed by atoms with van der Waals surface area (Å²) in [5.74, 6) is -0.0511. The first-order valence-electron chi connectivity index (χ1n) is 13.3. The minimum absolute atomic E-state index is 0.00948. The fourth-order valence-electron chi connectivity index (χ4n) is 5.83. The quantitative estimate of drug-likeness (QED) is 0.478. The van der Waals surface area contributed by atoms with Gasteiger partial charge in [0.1, 0.15) is 6.61 Å². The third kappa shape index (κ3) is 4.74. The van der Waals surface area contributed by atoms with E-state index in [2.05, 4.69) is 41.1 Å². The van der Waals surface area contributed by atoms with Crippen LogP contribution in [-0.2, 0) is 22.6 Å². The SMILES string of the molecule is CN1CCN(c2ccccc2CC2CCCN(c3ccc(-c4ccc5c(c4)C(=O)OC5)cc3)C2=O)CC1. The van der Waals surface area contributed by atoms with E-state index in [4.69, 9.17) is 4.74 Å². The molecule has 0 N–H and O–H groups in total. The van der Waals surface area contributed by atoms with Crippen LogP contribution in [0.25, 0.3) is 11.1 Å². The molecule has 1 atom stereocenters. The Morgan fingerprint density at radius 1 is 0.865 bits per heavy atom. The Labute approximate surface area is 218 Å². The van der Waals surface area contributed by atoms with Gasteiger partial charge in [-0.15, -0.1) is 0 Å². The summed E-state index contributed by atoms with van der Waals surface area (Å²) in [4.78, 5) is 32.4. The van der Waals surface area contributed by atoms with Gasteiger partial charge < -0.3 is 19.4 Å². The molecular formula is C31H33N3O3. The monoisotopic (exact) mass is 495 g/mol. The first-order chi connectivity index (χ1) is 18.1. The summed E-state index contributed by atoms with van der Waals surface area (Å²) in [6.07, 6.45) is 2.71. The van der Waals surface area contributed by atoms with Crippen LogP contribution in [0.15, 0.2) is 66.7 Å². The Kier molecular flexibility index (Phi) is 6.43. The number of anilines is 2. The van der Waals surface area contributed by atoms with E-state index in [0.29, 0.717) is 12.2 Å². The van der Waals surface area contributed by atoms with E-state index in [1.54, 1.807) is 0 Å². The Bertz CT molecular complexity index is 1310. The number of fused-ring (bicyclic) bond motifs is 1. The summed E-state index contributed by atoms with van der Waals surface area (Å²) in [6.45, 7) is 5.28. The van der Waals surface area contributed by atoms with Crippen LogP contribution in [0.5, 0.6) is 0 Å². The molecule has 3 aromatic carbocycles. The Hall–Kier alpha value is -3.64. The van der Waals surface area contributed by atoms with Crippen LogP contribution in [0.4, 0.5) is 11.4 Å². The average Bonchev–Trinajstić information content (AvgIpc) is 3.31. The van der Waals surface area contributed by atoms with Gasteiger partial charge in [0.15, 0.2) is 0 Å². The summed E-state index contributed by atoms with van der Waals surface area (Å²) in [5.41, 5.74) is 7.07. The van der Waals surface area contributed by atoms with Crippen molar-refractivity contribution in [2.24, 2.45) is 5.92 Å². The van der Waals surface area contributed by atoms with E-state index in [-0.39, 0.29) is 17.8 Å². The molecule has 3 aromatic rings. The largest absolute Gasteiger partial charge is 0.457 e. The number of piperidine rings is 1. The van der Waals surface area contributed by atoms with Crippen LogP contribution < -0.4 is 9.80 Å². The van der Waals surface area contributed by atoms with Gasteiger partial charge in [0.2, 0.25) is 5.91 Å². The van der Waals surface area contributed by atoms with Crippen molar-refractivity contribution in [3.05, 3.63) is 83.4 Å². The highest BCUT2D eigenvalue weighted by Crippen LogP contribution is 2.32. The van der Waals surface area contributed by atoms with Crippen LogP contribution in [0.1, 0.15) is 34.3 Å². The fourth-order valence-corrected chi connectivity index (χ4v) is 5.83. The van der Waals surface area contributed by atoms with Crippen molar-refractivity contribution in [2.75, 3.05) is 49.6 Å². The molecule has 2 saturated heterocycles. The van der Waals surface area contributed by atoms with Crippen LogP contribution >= 0.6 is 0 Å². The van der Waals surface area contributed by atoms with E-state index in [1.807, 2.05) is 47.4 Å². The number of piperazine rings is 1. The molecular weight excluding hydrogens is 462 g/mol. The normalized spacial score (nSPS) is 20.2. The van der Waals surface area contributed by atoms with Crippen molar-refractivity contribution in [3.63, 3.8) is 0 Å². The maximum absolute atomic E-state index is 13.6. The lowest BCUT2D eigenvalue weighted by Crippen LogP contribution is -2.45. The molecule has 37 heavy (non-hydrogen) atoms. The second-order valence-electron chi connectivity index (χ2n) is 10.4. The third-order valence-corrected chi connectivity index (χ3v) is 8.05. The standard InChI is InChI=1S/C31H33N3O3/c1-32-15-17-33(18-16-32)29-7-3-2-5-24(29)19-25-6-4-14-34(30(25)35)27-12-10-22(11-13-27)23-8-9-26-21-37-31(36)28(26)20-23/h2-3,5,7-13,20,25H,4,6,14-19,21H2,1H3. The van der Waals surface area contributed by atoms with Crippen molar-refractivity contribution in [3.8, 4) is 11.1 Å². The first kappa shape index (κ1) is 23.7. The van der Waals surface area contributed by atoms with E-state index < -0.39 is 0 Å². The fraction of sp³-hybridized carbons (Fsp3) is 0.355. The Balaban J connectivity index is 1.18. The molecule has 0 saturated carbocycles. The number of ether oxygens (including phenoxy) is 1. The predicted molar refractivity (Wildman–Crippen MR) is 146 cm³/mol. The molecule has 6 heteroatoms. The molecule has 0 aliphatic carbocycles. The van der Waals surface area contributed by atoms with Gasteiger partial charge >= 0.3 is 5.97 Å². The minimum Gasteiger partial charge on any atom is -0.457 e. The summed E-state index contributed by atoms with van der Waals surface area (Å²) in [7, 11) is 2.17. The maximum atomic E-state index is 13.6. The highest BCUT2D eigenvalue weighted by atomic mass is 16.5. The predicted octanol–water partition coefficient (Wildman–Crippen LogP) is 4.76. The van der Waals surface area contributed by atoms with Crippen LogP contribution in [-0.4, -0.2) is 56.5 Å². The third-order valence-electron chi connectivity index (χ3n) is 8.05. The molecule has 2 fully saturated rings. The number of rotatable bonds is 5. The van der Waals surface area contributed by atoms with Crippen molar-refractivity contribution in [1.29, 1.82) is 0 Å². The molecule has 0 spiro atoms. The zero-order valence-corrected chi connectivity index (χ0v) is 21.4. The molecule has 1 amide bonds. The van der Waals surface area contributed by atoms with Gasteiger partial charge in [-0.25, -0.2) is 4.79 Å². The van der Waals surface area contributed by atoms with Gasteiger partial charge in [0.05, 0.1) is 5.56 Å². The molecule has 3 aliphatic heterocycles. The van der Waals surface area contributed by atoms with Gasteiger partial charge in [-0.2, -0.15) is 0 Å². The zero-order chi connectivity index (χ0) is 25.4. The van der Waals surface area contributed by atoms with E-state index >= 15 is 0 Å². The van der Waals surface area contributed by atoms with E-state index in [9.17, 15) is 9.59 Å². The summed E-state index contributed by atoms with van der Waals surface area (Å²) < 4.78 is 5.14. The molecule has 1 unspecified atom stereocenters. The van der Waals surface area contributed by atoms with Crippen molar-refractivity contribution < 1.29 is 14.3 Å². The molecule has 6 nitrogen and oxygen atoms in total. The molecule has 0 radical (unpaired) electrons. The van der Waals surface area contributed by atoms with Gasteiger partial charge in [-0.05, 0) is 67.3 Å². The number of nitrogens with zero attached hydrogens (tertiary/aromatic N) is 3. The number of amides is 1. The number of esters is 1. The molecule has 3 aliphatic rings. The lowest BCUT2D eigenvalue weighted by molar-refractivity contribution is -0.123. The van der Waals surface area contributed by atoms with Crippen LogP contribution in [0.2, 0.25) is 0 Å². The number of hydrogen-bond donors (Lipinski definition) is 0. The van der Waals surface area contributed by atoms with Crippen molar-refractivity contribution >= 4 is 23.3 Å². The zero-order valence-electron chi connectivity index (χ0n) is 21.4. The maximum Gasteiger partial charge on any atom is 0.338 e. The number of carbonyl (C=O) groups is 2. The number of carbonyl (C=O) groups excluding carboxylic acids is 2. The lowest BCUT2D eigenvalue weighted by Gasteiger charge is -2.36. The molecule has 3 heterocycles. The summed E-state index contributed by atoms with van der Waals surface area (Å²) in [5, 5.41) is 0. The Morgan fingerprint density at radius 2 is 1.62 bits per heavy atom. The topological polar surface area (TPSA) is 53.1 Å². The van der Waals surface area contributed by atoms with E-state index in [1.165, 1.54) is 11.3 Å². The van der Waals surface area contributed by atoms with Gasteiger partial charge in [-0.1, -0.05) is 42.5 Å². The number of para-hydroxylation sites is 1. The van der Waals surface area contributed by atoms with Crippen LogP contribution in [0, 0.1) is 5.92 Å². The number of benzene rings is 3. The molecule has 0 aromatic heterocycles. The highest BCUT2D eigenvalue weighted by Gasteiger charge is 2.31. The second kappa shape index (κ2) is 10.0. The summed E-state index contributed by atoms with van der Waals surface area (Å²) >= 11 is 0. The highest BCUT2D eigenvalue weighted by molar-refractivity contribution is 5.97. The minimum atomic E-state index is -0.257. The number of cyclic esters (lactones) is 1. The van der Waals surface area contributed by atoms with Crippen molar-refractivity contribution in [1.82, 2.24) is 4.90 Å². The van der Waals surface area contributed by atoms with Crippen LogP contribution in [0.3, 0.4) is 0 Å². The summed E-state index contributed by atoms with van der Waals surface area (Å²) in [6, 6.07) is 22.6.